The van der Waals surface area contributed by atoms with Gasteiger partial charge in [-0.15, -0.1) is 0 Å². The fourth-order valence-corrected chi connectivity index (χ4v) is 3.98. The molecule has 6 heteroatoms. The topological polar surface area (TPSA) is 96.5 Å². The molecule has 31 heavy (non-hydrogen) atoms. The van der Waals surface area contributed by atoms with Crippen molar-refractivity contribution in [2.45, 2.75) is 20.4 Å². The van der Waals surface area contributed by atoms with Crippen LogP contribution in [0.1, 0.15) is 41.2 Å². The number of aromatic carboxylic acids is 1. The van der Waals surface area contributed by atoms with Gasteiger partial charge in [-0.1, -0.05) is 50.2 Å². The van der Waals surface area contributed by atoms with Crippen molar-refractivity contribution in [1.29, 1.82) is 0 Å². The molecule has 0 aliphatic carbocycles. The number of carbonyl (C=O) groups is 2. The zero-order valence-electron chi connectivity index (χ0n) is 17.4. The van der Waals surface area contributed by atoms with E-state index in [9.17, 15) is 14.7 Å². The van der Waals surface area contributed by atoms with Crippen LogP contribution >= 0.6 is 0 Å². The first-order chi connectivity index (χ1) is 14.9. The van der Waals surface area contributed by atoms with Crippen LogP contribution in [0.5, 0.6) is 0 Å². The zero-order valence-corrected chi connectivity index (χ0v) is 17.4. The van der Waals surface area contributed by atoms with Crippen LogP contribution in [0.3, 0.4) is 0 Å². The number of pyridine rings is 1. The Kier molecular flexibility index (Phi) is 5.29. The zero-order chi connectivity index (χ0) is 22.1. The highest BCUT2D eigenvalue weighted by Gasteiger charge is 2.35. The van der Waals surface area contributed by atoms with Crippen LogP contribution in [-0.4, -0.2) is 22.0 Å². The fraction of sp³-hybridized carbons (Fsp3) is 0.160. The minimum Gasteiger partial charge on any atom is -0.477 e. The number of benzene rings is 2. The lowest BCUT2D eigenvalue weighted by Crippen LogP contribution is -2.27. The second kappa shape index (κ2) is 8.07. The summed E-state index contributed by atoms with van der Waals surface area (Å²) in [5.41, 5.74) is 11.2. The smallest absolute Gasteiger partial charge is 0.354 e. The quantitative estimate of drug-likeness (QED) is 0.475. The number of hydrogen-bond donors (Lipinski definition) is 2. The van der Waals surface area contributed by atoms with Crippen molar-refractivity contribution in [2.24, 2.45) is 5.92 Å². The average Bonchev–Trinajstić information content (AvgIpc) is 3.02. The van der Waals surface area contributed by atoms with Gasteiger partial charge in [0.25, 0.3) is 5.91 Å². The second-order valence-electron chi connectivity index (χ2n) is 7.79. The highest BCUT2D eigenvalue weighted by molar-refractivity contribution is 6.37. The number of anilines is 2. The number of aromatic nitrogens is 1. The third-order valence-corrected chi connectivity index (χ3v) is 5.34. The number of allylic oxidation sites excluding steroid dienone is 1. The molecule has 156 valence electrons. The average molecular weight is 413 g/mol. The van der Waals surface area contributed by atoms with E-state index in [1.165, 1.54) is 6.07 Å². The van der Waals surface area contributed by atoms with E-state index in [1.807, 2.05) is 48.5 Å². The van der Waals surface area contributed by atoms with Crippen molar-refractivity contribution < 1.29 is 14.7 Å². The van der Waals surface area contributed by atoms with Gasteiger partial charge in [-0.3, -0.25) is 4.79 Å². The predicted molar refractivity (Wildman–Crippen MR) is 121 cm³/mol. The highest BCUT2D eigenvalue weighted by atomic mass is 16.4. The molecule has 4 rings (SSSR count). The van der Waals surface area contributed by atoms with Gasteiger partial charge < -0.3 is 15.7 Å². The van der Waals surface area contributed by atoms with Gasteiger partial charge in [0, 0.05) is 11.3 Å². The summed E-state index contributed by atoms with van der Waals surface area (Å²) in [6, 6.07) is 20.0. The molecule has 3 aromatic rings. The lowest BCUT2D eigenvalue weighted by Gasteiger charge is -2.18. The number of rotatable bonds is 5. The van der Waals surface area contributed by atoms with E-state index >= 15 is 0 Å². The number of carbonyl (C=O) groups excluding carboxylic acids is 1. The Balaban J connectivity index is 1.84. The van der Waals surface area contributed by atoms with Crippen LogP contribution < -0.4 is 10.6 Å². The first kappa shape index (κ1) is 20.3. The summed E-state index contributed by atoms with van der Waals surface area (Å²) in [6.07, 6.45) is 0. The molecule has 0 bridgehead atoms. The van der Waals surface area contributed by atoms with Gasteiger partial charge in [-0.05, 0) is 47.4 Å². The number of nitrogen functional groups attached to an aromatic ring is 1. The van der Waals surface area contributed by atoms with Crippen LogP contribution in [0.25, 0.3) is 11.1 Å². The van der Waals surface area contributed by atoms with E-state index in [0.717, 1.165) is 22.4 Å². The van der Waals surface area contributed by atoms with Crippen molar-refractivity contribution in [3.05, 3.63) is 89.2 Å². The molecule has 2 aromatic carbocycles. The minimum absolute atomic E-state index is 0.0436. The molecule has 1 aromatic heterocycles. The molecule has 0 spiro atoms. The predicted octanol–water partition coefficient (Wildman–Crippen LogP) is 4.48. The molecule has 0 radical (unpaired) electrons. The Morgan fingerprint density at radius 3 is 2.42 bits per heavy atom. The molecule has 0 unspecified atom stereocenters. The molecule has 0 fully saturated rings. The van der Waals surface area contributed by atoms with Gasteiger partial charge >= 0.3 is 5.97 Å². The molecular weight excluding hydrogens is 390 g/mol. The van der Waals surface area contributed by atoms with Crippen LogP contribution in [0.4, 0.5) is 11.4 Å². The minimum atomic E-state index is -1.10. The molecule has 3 N–H and O–H groups in total. The van der Waals surface area contributed by atoms with E-state index in [2.05, 4.69) is 18.8 Å². The number of nitrogens with zero attached hydrogens (tertiary/aromatic N) is 2. The molecule has 0 saturated carbocycles. The van der Waals surface area contributed by atoms with Crippen molar-refractivity contribution in [3.8, 4) is 0 Å². The lowest BCUT2D eigenvalue weighted by molar-refractivity contribution is -0.113. The normalized spacial score (nSPS) is 14.7. The summed E-state index contributed by atoms with van der Waals surface area (Å²) in [6.45, 7) is 4.32. The molecule has 1 aliphatic heterocycles. The van der Waals surface area contributed by atoms with Gasteiger partial charge in [-0.25, -0.2) is 9.78 Å². The third kappa shape index (κ3) is 3.80. The van der Waals surface area contributed by atoms with Gasteiger partial charge in [0.15, 0.2) is 0 Å². The van der Waals surface area contributed by atoms with Crippen molar-refractivity contribution in [1.82, 2.24) is 4.98 Å². The number of nitrogens with two attached hydrogens (primary N) is 1. The SMILES string of the molecule is CC(C)/C(=C1\C(=O)N(Cc2cccc(C(=O)O)n2)c2ccccc21)c1ccc(N)cc1. The maximum Gasteiger partial charge on any atom is 0.354 e. The molecule has 0 saturated heterocycles. The number of carboxylic acids is 1. The maximum absolute atomic E-state index is 13.7. The largest absolute Gasteiger partial charge is 0.477 e. The van der Waals surface area contributed by atoms with Crippen LogP contribution in [0.15, 0.2) is 66.7 Å². The van der Waals surface area contributed by atoms with Gasteiger partial charge in [0.05, 0.1) is 23.5 Å². The van der Waals surface area contributed by atoms with Gasteiger partial charge in [-0.2, -0.15) is 0 Å². The number of carboxylic acid groups (broad SMARTS) is 1. The van der Waals surface area contributed by atoms with Crippen molar-refractivity contribution in [2.75, 3.05) is 10.6 Å². The van der Waals surface area contributed by atoms with Gasteiger partial charge in [0.1, 0.15) is 5.69 Å². The fourth-order valence-electron chi connectivity index (χ4n) is 3.98. The summed E-state index contributed by atoms with van der Waals surface area (Å²) < 4.78 is 0. The number of fused-ring (bicyclic) bond motifs is 1. The molecule has 6 nitrogen and oxygen atoms in total. The van der Waals surface area contributed by atoms with E-state index in [4.69, 9.17) is 5.73 Å². The molecule has 1 aliphatic rings. The van der Waals surface area contributed by atoms with Crippen molar-refractivity contribution >= 4 is 34.4 Å². The molecule has 1 amide bonds. The molecule has 2 heterocycles. The summed E-state index contributed by atoms with van der Waals surface area (Å²) in [5.74, 6) is -1.12. The van der Waals surface area contributed by atoms with Crippen LogP contribution in [0, 0.1) is 5.92 Å². The lowest BCUT2D eigenvalue weighted by atomic mass is 9.88. The van der Waals surface area contributed by atoms with E-state index in [0.29, 0.717) is 17.0 Å². The Morgan fingerprint density at radius 2 is 1.74 bits per heavy atom. The summed E-state index contributed by atoms with van der Waals surface area (Å²) in [5, 5.41) is 9.24. The number of para-hydroxylation sites is 1. The third-order valence-electron chi connectivity index (χ3n) is 5.34. The Bertz CT molecular complexity index is 1200. The Morgan fingerprint density at radius 1 is 1.03 bits per heavy atom. The first-order valence-corrected chi connectivity index (χ1v) is 10.1. The Labute approximate surface area is 180 Å². The number of amides is 1. The summed E-state index contributed by atoms with van der Waals surface area (Å²) >= 11 is 0. The maximum atomic E-state index is 13.7. The van der Waals surface area contributed by atoms with Gasteiger partial charge in [0.2, 0.25) is 0 Å². The number of hydrogen-bond acceptors (Lipinski definition) is 4. The highest BCUT2D eigenvalue weighted by Crippen LogP contribution is 2.43. The monoisotopic (exact) mass is 413 g/mol. The van der Waals surface area contributed by atoms with Crippen LogP contribution in [0.2, 0.25) is 0 Å². The standard InChI is InChI=1S/C25H23N3O3/c1-15(2)22(16-10-12-17(26)13-11-16)23-19-7-3-4-9-21(19)28(24(23)29)14-18-6-5-8-20(27-18)25(30)31/h3-13,15H,14,26H2,1-2H3,(H,30,31)/b23-22+. The molecule has 0 atom stereocenters. The second-order valence-corrected chi connectivity index (χ2v) is 7.79. The summed E-state index contributed by atoms with van der Waals surface area (Å²) in [4.78, 5) is 30.8. The van der Waals surface area contributed by atoms with E-state index in [1.54, 1.807) is 17.0 Å². The first-order valence-electron chi connectivity index (χ1n) is 10.1. The van der Waals surface area contributed by atoms with Crippen LogP contribution in [-0.2, 0) is 11.3 Å². The summed E-state index contributed by atoms with van der Waals surface area (Å²) in [7, 11) is 0. The Hall–Kier alpha value is -3.93. The van der Waals surface area contributed by atoms with E-state index in [-0.39, 0.29) is 24.1 Å². The molecular formula is C25H23N3O3. The van der Waals surface area contributed by atoms with Crippen molar-refractivity contribution in [3.63, 3.8) is 0 Å². The van der Waals surface area contributed by atoms with E-state index < -0.39 is 5.97 Å².